The molecule has 0 amide bonds. The number of anilines is 1. The Balaban J connectivity index is 2.12. The summed E-state index contributed by atoms with van der Waals surface area (Å²) in [5.41, 5.74) is 0.548. The number of nitrogens with one attached hydrogen (secondary N) is 1. The molecular formula is C18H21NO4. The van der Waals surface area contributed by atoms with Crippen molar-refractivity contribution < 1.29 is 19.1 Å². The number of esters is 2. The van der Waals surface area contributed by atoms with Crippen molar-refractivity contribution in [3.63, 3.8) is 0 Å². The SMILES string of the molecule is C=C[C@@H]1CC(C(=O)OC)(C(=O)OC)C[C@@]12CNc1ccccc12. The van der Waals surface area contributed by atoms with E-state index in [1.165, 1.54) is 14.2 Å². The zero-order valence-corrected chi connectivity index (χ0v) is 13.4. The van der Waals surface area contributed by atoms with Gasteiger partial charge >= 0.3 is 11.9 Å². The molecule has 0 saturated heterocycles. The second kappa shape index (κ2) is 5.41. The number of fused-ring (bicyclic) bond motifs is 2. The van der Waals surface area contributed by atoms with E-state index in [1.54, 1.807) is 0 Å². The minimum atomic E-state index is -1.28. The van der Waals surface area contributed by atoms with Gasteiger partial charge in [0.2, 0.25) is 0 Å². The lowest BCUT2D eigenvalue weighted by Gasteiger charge is -2.30. The fraction of sp³-hybridized carbons (Fsp3) is 0.444. The summed E-state index contributed by atoms with van der Waals surface area (Å²) in [4.78, 5) is 24.9. The summed E-state index contributed by atoms with van der Waals surface area (Å²) in [5.74, 6) is -1.08. The second-order valence-electron chi connectivity index (χ2n) is 6.34. The van der Waals surface area contributed by atoms with Gasteiger partial charge in [-0.25, -0.2) is 0 Å². The van der Waals surface area contributed by atoms with Crippen LogP contribution in [-0.4, -0.2) is 32.7 Å². The van der Waals surface area contributed by atoms with Crippen LogP contribution in [0.1, 0.15) is 18.4 Å². The molecule has 1 aliphatic carbocycles. The number of carbonyl (C=O) groups excluding carboxylic acids is 2. The maximum Gasteiger partial charge on any atom is 0.323 e. The summed E-state index contributed by atoms with van der Waals surface area (Å²) >= 11 is 0. The van der Waals surface area contributed by atoms with E-state index in [-0.39, 0.29) is 11.3 Å². The summed E-state index contributed by atoms with van der Waals surface area (Å²) in [5, 5.41) is 3.40. The third-order valence-electron chi connectivity index (χ3n) is 5.39. The molecule has 1 fully saturated rings. The Morgan fingerprint density at radius 3 is 2.52 bits per heavy atom. The van der Waals surface area contributed by atoms with Gasteiger partial charge in [0, 0.05) is 17.6 Å². The molecule has 1 aromatic carbocycles. The minimum Gasteiger partial charge on any atom is -0.468 e. The third-order valence-corrected chi connectivity index (χ3v) is 5.39. The molecule has 1 saturated carbocycles. The van der Waals surface area contributed by atoms with Crippen LogP contribution in [0.4, 0.5) is 5.69 Å². The Kier molecular flexibility index (Phi) is 3.66. The predicted molar refractivity (Wildman–Crippen MR) is 86.0 cm³/mol. The van der Waals surface area contributed by atoms with Crippen molar-refractivity contribution >= 4 is 17.6 Å². The molecular weight excluding hydrogens is 294 g/mol. The Labute approximate surface area is 135 Å². The molecule has 0 aromatic heterocycles. The zero-order valence-electron chi connectivity index (χ0n) is 13.4. The van der Waals surface area contributed by atoms with Gasteiger partial charge < -0.3 is 14.8 Å². The fourth-order valence-corrected chi connectivity index (χ4v) is 4.31. The molecule has 1 aromatic rings. The molecule has 1 aliphatic heterocycles. The molecule has 5 heteroatoms. The largest absolute Gasteiger partial charge is 0.468 e. The lowest BCUT2D eigenvalue weighted by molar-refractivity contribution is -0.169. The van der Waals surface area contributed by atoms with E-state index in [9.17, 15) is 9.59 Å². The van der Waals surface area contributed by atoms with Crippen LogP contribution in [0.5, 0.6) is 0 Å². The van der Waals surface area contributed by atoms with Gasteiger partial charge in [-0.3, -0.25) is 9.59 Å². The van der Waals surface area contributed by atoms with Gasteiger partial charge in [0.05, 0.1) is 14.2 Å². The molecule has 122 valence electrons. The maximum atomic E-state index is 12.5. The molecule has 1 spiro atoms. The van der Waals surface area contributed by atoms with Crippen molar-refractivity contribution in [2.45, 2.75) is 18.3 Å². The van der Waals surface area contributed by atoms with E-state index in [0.717, 1.165) is 11.3 Å². The number of para-hydroxylation sites is 1. The Hall–Kier alpha value is -2.30. The Morgan fingerprint density at radius 2 is 1.91 bits per heavy atom. The number of benzene rings is 1. The highest BCUT2D eigenvalue weighted by molar-refractivity contribution is 6.01. The van der Waals surface area contributed by atoms with Crippen LogP contribution in [0.15, 0.2) is 36.9 Å². The number of ether oxygens (including phenoxy) is 2. The van der Waals surface area contributed by atoms with Gasteiger partial charge in [-0.15, -0.1) is 6.58 Å². The molecule has 0 unspecified atom stereocenters. The van der Waals surface area contributed by atoms with Gasteiger partial charge in [0.25, 0.3) is 0 Å². The molecule has 0 bridgehead atoms. The van der Waals surface area contributed by atoms with Crippen molar-refractivity contribution in [2.24, 2.45) is 11.3 Å². The van der Waals surface area contributed by atoms with Gasteiger partial charge in [0.1, 0.15) is 0 Å². The molecule has 1 N–H and O–H groups in total. The third kappa shape index (κ3) is 1.99. The van der Waals surface area contributed by atoms with Crippen molar-refractivity contribution in [2.75, 3.05) is 26.1 Å². The monoisotopic (exact) mass is 315 g/mol. The van der Waals surface area contributed by atoms with Crippen LogP contribution in [0.25, 0.3) is 0 Å². The van der Waals surface area contributed by atoms with E-state index < -0.39 is 17.4 Å². The lowest BCUT2D eigenvalue weighted by Crippen LogP contribution is -2.41. The number of carbonyl (C=O) groups is 2. The molecule has 2 atom stereocenters. The lowest BCUT2D eigenvalue weighted by atomic mass is 9.72. The van der Waals surface area contributed by atoms with Crippen LogP contribution in [0, 0.1) is 11.3 Å². The highest BCUT2D eigenvalue weighted by Crippen LogP contribution is 2.59. The Bertz CT molecular complexity index is 653. The highest BCUT2D eigenvalue weighted by Gasteiger charge is 2.64. The minimum absolute atomic E-state index is 0.0168. The summed E-state index contributed by atoms with van der Waals surface area (Å²) in [6.07, 6.45) is 2.56. The fourth-order valence-electron chi connectivity index (χ4n) is 4.31. The summed E-state index contributed by atoms with van der Waals surface area (Å²) in [7, 11) is 2.61. The number of hydrogen-bond acceptors (Lipinski definition) is 5. The van der Waals surface area contributed by atoms with E-state index in [0.29, 0.717) is 19.4 Å². The summed E-state index contributed by atoms with van der Waals surface area (Å²) in [6, 6.07) is 8.01. The molecule has 3 rings (SSSR count). The van der Waals surface area contributed by atoms with Crippen LogP contribution in [0.3, 0.4) is 0 Å². The number of methoxy groups -OCH3 is 2. The Morgan fingerprint density at radius 1 is 1.26 bits per heavy atom. The van der Waals surface area contributed by atoms with Gasteiger partial charge in [-0.1, -0.05) is 24.3 Å². The van der Waals surface area contributed by atoms with Crippen LogP contribution in [-0.2, 0) is 24.5 Å². The number of rotatable bonds is 3. The first kappa shape index (κ1) is 15.6. The molecule has 2 aliphatic rings. The molecule has 0 radical (unpaired) electrons. The maximum absolute atomic E-state index is 12.5. The van der Waals surface area contributed by atoms with Crippen molar-refractivity contribution in [1.29, 1.82) is 0 Å². The smallest absolute Gasteiger partial charge is 0.323 e. The summed E-state index contributed by atoms with van der Waals surface area (Å²) in [6.45, 7) is 4.60. The van der Waals surface area contributed by atoms with Gasteiger partial charge in [0.15, 0.2) is 5.41 Å². The van der Waals surface area contributed by atoms with Crippen LogP contribution in [0.2, 0.25) is 0 Å². The normalized spacial score (nSPS) is 27.1. The molecule has 1 heterocycles. The van der Waals surface area contributed by atoms with Crippen molar-refractivity contribution in [1.82, 2.24) is 0 Å². The van der Waals surface area contributed by atoms with Crippen LogP contribution < -0.4 is 5.32 Å². The van der Waals surface area contributed by atoms with E-state index in [4.69, 9.17) is 9.47 Å². The van der Waals surface area contributed by atoms with Crippen LogP contribution >= 0.6 is 0 Å². The highest BCUT2D eigenvalue weighted by atomic mass is 16.5. The first-order chi connectivity index (χ1) is 11.0. The van der Waals surface area contributed by atoms with E-state index >= 15 is 0 Å². The average molecular weight is 315 g/mol. The van der Waals surface area contributed by atoms with Crippen molar-refractivity contribution in [3.8, 4) is 0 Å². The van der Waals surface area contributed by atoms with E-state index in [1.807, 2.05) is 24.3 Å². The first-order valence-electron chi connectivity index (χ1n) is 7.67. The predicted octanol–water partition coefficient (Wildman–Crippen LogP) is 2.28. The van der Waals surface area contributed by atoms with Gasteiger partial charge in [-0.05, 0) is 30.4 Å². The molecule has 5 nitrogen and oxygen atoms in total. The standard InChI is InChI=1S/C18H21NO4/c1-4-12-9-17(15(20)22-2,16(21)23-3)10-18(12)11-19-14-8-6-5-7-13(14)18/h4-8,12,19H,1,9-11H2,2-3H3/t12-,18-/m1/s1. The second-order valence-corrected chi connectivity index (χ2v) is 6.34. The van der Waals surface area contributed by atoms with E-state index in [2.05, 4.69) is 18.0 Å². The average Bonchev–Trinajstić information content (AvgIpc) is 3.14. The number of hydrogen-bond donors (Lipinski definition) is 1. The zero-order chi connectivity index (χ0) is 16.7. The quantitative estimate of drug-likeness (QED) is 0.527. The first-order valence-corrected chi connectivity index (χ1v) is 7.67. The van der Waals surface area contributed by atoms with Gasteiger partial charge in [-0.2, -0.15) is 0 Å². The topological polar surface area (TPSA) is 64.6 Å². The molecule has 23 heavy (non-hydrogen) atoms. The van der Waals surface area contributed by atoms with Crippen molar-refractivity contribution in [3.05, 3.63) is 42.5 Å². The number of allylic oxidation sites excluding steroid dienone is 1. The summed E-state index contributed by atoms with van der Waals surface area (Å²) < 4.78 is 9.90.